The van der Waals surface area contributed by atoms with Crippen LogP contribution < -0.4 is 10.2 Å². The molecular weight excluding hydrogens is 388 g/mol. The van der Waals surface area contributed by atoms with Gasteiger partial charge in [-0.1, -0.05) is 18.2 Å². The van der Waals surface area contributed by atoms with Crippen molar-refractivity contribution in [1.29, 1.82) is 0 Å². The highest BCUT2D eigenvalue weighted by atomic mass is 16.6. The predicted molar refractivity (Wildman–Crippen MR) is 109 cm³/mol. The molecule has 0 radical (unpaired) electrons. The molecule has 0 unspecified atom stereocenters. The maximum absolute atomic E-state index is 12.3. The maximum atomic E-state index is 12.3. The highest BCUT2D eigenvalue weighted by Gasteiger charge is 2.15. The molecule has 0 fully saturated rings. The van der Waals surface area contributed by atoms with Crippen molar-refractivity contribution >= 4 is 23.8 Å². The van der Waals surface area contributed by atoms with Gasteiger partial charge in [-0.3, -0.25) is 19.9 Å². The van der Waals surface area contributed by atoms with E-state index in [0.717, 1.165) is 5.69 Å². The number of aryl methyl sites for hydroxylation is 1. The number of nitrogens with one attached hydrogen (secondary N) is 1. The summed E-state index contributed by atoms with van der Waals surface area (Å²) in [6.45, 7) is 1.79. The molecule has 9 heteroatoms. The molecule has 0 spiro atoms. The van der Waals surface area contributed by atoms with Crippen LogP contribution in [-0.2, 0) is 0 Å². The van der Waals surface area contributed by atoms with Gasteiger partial charge in [-0.15, -0.1) is 0 Å². The summed E-state index contributed by atoms with van der Waals surface area (Å²) in [6.07, 6.45) is 2.57. The zero-order chi connectivity index (χ0) is 21.5. The van der Waals surface area contributed by atoms with Gasteiger partial charge in [0.1, 0.15) is 5.75 Å². The largest absolute Gasteiger partial charge is 0.422 e. The molecule has 3 rings (SSSR count). The third kappa shape index (κ3) is 5.10. The summed E-state index contributed by atoms with van der Waals surface area (Å²) in [5.74, 6) is -1.08. The number of hydrazone groups is 1. The number of nitro groups is 1. The van der Waals surface area contributed by atoms with Crippen LogP contribution in [0.2, 0.25) is 0 Å². The normalized spacial score (nSPS) is 10.6. The summed E-state index contributed by atoms with van der Waals surface area (Å²) in [5.41, 5.74) is 3.62. The van der Waals surface area contributed by atoms with Crippen molar-refractivity contribution in [3.8, 4) is 5.75 Å². The molecule has 0 bridgehead atoms. The first kappa shape index (κ1) is 20.3. The number of hydrogen-bond donors (Lipinski definition) is 1. The topological polar surface area (TPSA) is 124 Å². The quantitative estimate of drug-likeness (QED) is 0.221. The lowest BCUT2D eigenvalue weighted by atomic mass is 10.2. The smallest absolute Gasteiger partial charge is 0.343 e. The van der Waals surface area contributed by atoms with Gasteiger partial charge in [0.25, 0.3) is 11.6 Å². The Morgan fingerprint density at radius 1 is 1.10 bits per heavy atom. The van der Waals surface area contributed by atoms with Crippen molar-refractivity contribution in [2.45, 2.75) is 6.92 Å². The number of aromatic nitrogens is 1. The summed E-state index contributed by atoms with van der Waals surface area (Å²) >= 11 is 0. The van der Waals surface area contributed by atoms with E-state index >= 15 is 0 Å². The molecule has 150 valence electrons. The number of rotatable bonds is 6. The van der Waals surface area contributed by atoms with Crippen LogP contribution in [0.15, 0.2) is 72.0 Å². The van der Waals surface area contributed by atoms with Crippen LogP contribution in [0.3, 0.4) is 0 Å². The first-order valence-electron chi connectivity index (χ1n) is 8.76. The number of pyridine rings is 1. The highest BCUT2D eigenvalue weighted by Crippen LogP contribution is 2.24. The summed E-state index contributed by atoms with van der Waals surface area (Å²) in [7, 11) is 0. The minimum Gasteiger partial charge on any atom is -0.422 e. The molecule has 1 heterocycles. The molecule has 0 aliphatic rings. The molecule has 1 N–H and O–H groups in total. The van der Waals surface area contributed by atoms with E-state index in [1.165, 1.54) is 30.6 Å². The second-order valence-corrected chi connectivity index (χ2v) is 6.12. The maximum Gasteiger partial charge on any atom is 0.343 e. The van der Waals surface area contributed by atoms with Gasteiger partial charge in [0.05, 0.1) is 22.3 Å². The summed E-state index contributed by atoms with van der Waals surface area (Å²) < 4.78 is 5.35. The average Bonchev–Trinajstić information content (AvgIpc) is 2.75. The van der Waals surface area contributed by atoms with Crippen LogP contribution in [0.5, 0.6) is 5.75 Å². The average molecular weight is 404 g/mol. The molecule has 0 atom stereocenters. The van der Waals surface area contributed by atoms with Crippen LogP contribution >= 0.6 is 0 Å². The molecule has 0 saturated heterocycles. The van der Waals surface area contributed by atoms with Gasteiger partial charge in [-0.25, -0.2) is 10.2 Å². The van der Waals surface area contributed by atoms with Gasteiger partial charge in [-0.2, -0.15) is 5.10 Å². The number of nitro benzene ring substituents is 1. The number of hydrogen-bond acceptors (Lipinski definition) is 7. The minimum atomic E-state index is -0.631. The molecule has 1 aromatic heterocycles. The molecule has 0 saturated carbocycles. The van der Waals surface area contributed by atoms with Crippen LogP contribution in [0.4, 0.5) is 5.69 Å². The van der Waals surface area contributed by atoms with Crippen molar-refractivity contribution in [2.24, 2.45) is 5.10 Å². The van der Waals surface area contributed by atoms with E-state index in [1.807, 2.05) is 0 Å². The van der Waals surface area contributed by atoms with Gasteiger partial charge in [0, 0.05) is 29.6 Å². The van der Waals surface area contributed by atoms with Gasteiger partial charge >= 0.3 is 5.97 Å². The summed E-state index contributed by atoms with van der Waals surface area (Å²) in [5, 5.41) is 14.9. The van der Waals surface area contributed by atoms with Gasteiger partial charge in [-0.05, 0) is 37.3 Å². The fourth-order valence-electron chi connectivity index (χ4n) is 2.40. The standard InChI is InChI=1S/C21H16N4O5/c1-14-7-8-16(12-22-14)20(26)24-23-13-17-11-18(25(28)29)9-10-19(17)30-21(27)15-5-3-2-4-6-15/h2-13H,1H3,(H,24,26). The SMILES string of the molecule is Cc1ccc(C(=O)NN=Cc2cc([N+](=O)[O-])ccc2OC(=O)c2ccccc2)cn1. The summed E-state index contributed by atoms with van der Waals surface area (Å²) in [4.78, 5) is 38.9. The van der Waals surface area contributed by atoms with Crippen molar-refractivity contribution in [3.05, 3.63) is 99.4 Å². The monoisotopic (exact) mass is 404 g/mol. The van der Waals surface area contributed by atoms with E-state index in [1.54, 1.807) is 49.4 Å². The Morgan fingerprint density at radius 3 is 2.53 bits per heavy atom. The third-order valence-electron chi connectivity index (χ3n) is 3.96. The molecule has 0 aliphatic carbocycles. The van der Waals surface area contributed by atoms with Crippen molar-refractivity contribution in [2.75, 3.05) is 0 Å². The number of non-ortho nitro benzene ring substituents is 1. The Bertz CT molecular complexity index is 1110. The lowest BCUT2D eigenvalue weighted by molar-refractivity contribution is -0.384. The molecule has 2 aromatic carbocycles. The van der Waals surface area contributed by atoms with Crippen LogP contribution in [0.1, 0.15) is 32.0 Å². The Hall–Kier alpha value is -4.40. The minimum absolute atomic E-state index is 0.0597. The highest BCUT2D eigenvalue weighted by molar-refractivity contribution is 5.96. The Balaban J connectivity index is 1.80. The zero-order valence-electron chi connectivity index (χ0n) is 15.8. The van der Waals surface area contributed by atoms with E-state index in [2.05, 4.69) is 15.5 Å². The lowest BCUT2D eigenvalue weighted by Gasteiger charge is -2.07. The van der Waals surface area contributed by atoms with Crippen molar-refractivity contribution in [3.63, 3.8) is 0 Å². The van der Waals surface area contributed by atoms with Crippen LogP contribution in [-0.4, -0.2) is 28.0 Å². The van der Waals surface area contributed by atoms with Crippen LogP contribution in [0, 0.1) is 17.0 Å². The molecule has 30 heavy (non-hydrogen) atoms. The van der Waals surface area contributed by atoms with Crippen molar-refractivity contribution in [1.82, 2.24) is 10.4 Å². The number of esters is 1. The Labute approximate surface area is 171 Å². The number of benzene rings is 2. The van der Waals surface area contributed by atoms with Crippen molar-refractivity contribution < 1.29 is 19.2 Å². The molecule has 9 nitrogen and oxygen atoms in total. The van der Waals surface area contributed by atoms with E-state index in [0.29, 0.717) is 11.1 Å². The fourth-order valence-corrected chi connectivity index (χ4v) is 2.40. The van der Waals surface area contributed by atoms with Gasteiger partial charge in [0.2, 0.25) is 0 Å². The number of carbonyl (C=O) groups is 2. The van der Waals surface area contributed by atoms with E-state index in [9.17, 15) is 19.7 Å². The number of carbonyl (C=O) groups excluding carboxylic acids is 2. The first-order valence-corrected chi connectivity index (χ1v) is 8.76. The first-order chi connectivity index (χ1) is 14.4. The van der Waals surface area contributed by atoms with Gasteiger partial charge < -0.3 is 4.74 Å². The van der Waals surface area contributed by atoms with E-state index < -0.39 is 16.8 Å². The zero-order valence-corrected chi connectivity index (χ0v) is 15.8. The third-order valence-corrected chi connectivity index (χ3v) is 3.96. The predicted octanol–water partition coefficient (Wildman–Crippen LogP) is 3.28. The van der Waals surface area contributed by atoms with Gasteiger partial charge in [0.15, 0.2) is 0 Å². The van der Waals surface area contributed by atoms with E-state index in [-0.39, 0.29) is 17.0 Å². The number of ether oxygens (including phenoxy) is 1. The second kappa shape index (κ2) is 9.20. The van der Waals surface area contributed by atoms with E-state index in [4.69, 9.17) is 4.74 Å². The Kier molecular flexibility index (Phi) is 6.23. The van der Waals surface area contributed by atoms with Crippen LogP contribution in [0.25, 0.3) is 0 Å². The molecule has 3 aromatic rings. The number of nitrogens with zero attached hydrogens (tertiary/aromatic N) is 3. The number of amides is 1. The Morgan fingerprint density at radius 2 is 1.87 bits per heavy atom. The summed E-state index contributed by atoms with van der Waals surface area (Å²) in [6, 6.07) is 15.3. The molecular formula is C21H16N4O5. The molecule has 1 amide bonds. The lowest BCUT2D eigenvalue weighted by Crippen LogP contribution is -2.18. The fraction of sp³-hybridized carbons (Fsp3) is 0.0476. The second-order valence-electron chi connectivity index (χ2n) is 6.12. The molecule has 0 aliphatic heterocycles.